The molecule has 0 atom stereocenters. The number of anilines is 1. The summed E-state index contributed by atoms with van der Waals surface area (Å²) in [6.45, 7) is 2.12. The number of fused-ring (bicyclic) bond motifs is 1. The van der Waals surface area contributed by atoms with E-state index in [-0.39, 0.29) is 0 Å². The maximum Gasteiger partial charge on any atom is 0.0355 e. The van der Waals surface area contributed by atoms with E-state index in [1.165, 1.54) is 16.7 Å². The van der Waals surface area contributed by atoms with Crippen molar-refractivity contribution in [3.63, 3.8) is 0 Å². The standard InChI is InChI=1S/C10H11N/c1-7-5-6-10(11)9-4-2-3-8(7)9/h2-3,5-6H,4,11H2,1H3. The van der Waals surface area contributed by atoms with E-state index in [4.69, 9.17) is 5.73 Å². The zero-order valence-corrected chi connectivity index (χ0v) is 6.59. The topological polar surface area (TPSA) is 26.0 Å². The number of nitrogen functional groups attached to an aromatic ring is 1. The molecule has 0 amide bonds. The van der Waals surface area contributed by atoms with Crippen LogP contribution in [0.1, 0.15) is 16.7 Å². The molecule has 0 aromatic heterocycles. The average molecular weight is 145 g/mol. The van der Waals surface area contributed by atoms with Crippen molar-refractivity contribution in [3.05, 3.63) is 34.9 Å². The number of benzene rings is 1. The second-order valence-electron chi connectivity index (χ2n) is 2.97. The summed E-state index contributed by atoms with van der Waals surface area (Å²) >= 11 is 0. The molecule has 0 spiro atoms. The van der Waals surface area contributed by atoms with Crippen LogP contribution in [-0.2, 0) is 6.42 Å². The molecule has 0 aliphatic heterocycles. The molecular formula is C10H11N. The predicted molar refractivity (Wildman–Crippen MR) is 48.3 cm³/mol. The Bertz CT molecular complexity index is 324. The van der Waals surface area contributed by atoms with Gasteiger partial charge >= 0.3 is 0 Å². The molecule has 1 aromatic carbocycles. The largest absolute Gasteiger partial charge is 0.398 e. The van der Waals surface area contributed by atoms with E-state index >= 15 is 0 Å². The summed E-state index contributed by atoms with van der Waals surface area (Å²) in [4.78, 5) is 0. The van der Waals surface area contributed by atoms with Crippen LogP contribution in [-0.4, -0.2) is 0 Å². The highest BCUT2D eigenvalue weighted by atomic mass is 14.6. The first-order valence-corrected chi connectivity index (χ1v) is 3.83. The van der Waals surface area contributed by atoms with Crippen molar-refractivity contribution in [3.8, 4) is 0 Å². The van der Waals surface area contributed by atoms with Crippen LogP contribution in [0.3, 0.4) is 0 Å². The molecular weight excluding hydrogens is 134 g/mol. The molecule has 1 nitrogen and oxygen atoms in total. The van der Waals surface area contributed by atoms with Crippen LogP contribution in [0, 0.1) is 6.92 Å². The minimum Gasteiger partial charge on any atom is -0.398 e. The number of hydrogen-bond acceptors (Lipinski definition) is 1. The Hall–Kier alpha value is -1.24. The van der Waals surface area contributed by atoms with E-state index in [0.29, 0.717) is 0 Å². The lowest BCUT2D eigenvalue weighted by atomic mass is 10.0. The van der Waals surface area contributed by atoms with Crippen LogP contribution < -0.4 is 5.73 Å². The molecule has 0 saturated carbocycles. The Morgan fingerprint density at radius 1 is 1.36 bits per heavy atom. The first-order chi connectivity index (χ1) is 5.29. The van der Waals surface area contributed by atoms with E-state index in [0.717, 1.165) is 12.1 Å². The lowest BCUT2D eigenvalue weighted by Crippen LogP contribution is -1.94. The maximum absolute atomic E-state index is 5.80. The van der Waals surface area contributed by atoms with E-state index < -0.39 is 0 Å². The highest BCUT2D eigenvalue weighted by molar-refractivity contribution is 5.70. The van der Waals surface area contributed by atoms with Gasteiger partial charge in [-0.25, -0.2) is 0 Å². The van der Waals surface area contributed by atoms with Gasteiger partial charge in [0, 0.05) is 5.69 Å². The molecule has 1 aromatic rings. The monoisotopic (exact) mass is 145 g/mol. The smallest absolute Gasteiger partial charge is 0.0355 e. The maximum atomic E-state index is 5.80. The molecule has 1 aliphatic rings. The number of aryl methyl sites for hydroxylation is 1. The van der Waals surface area contributed by atoms with Crippen molar-refractivity contribution >= 4 is 11.8 Å². The lowest BCUT2D eigenvalue weighted by molar-refractivity contribution is 1.29. The summed E-state index contributed by atoms with van der Waals surface area (Å²) in [5, 5.41) is 0. The van der Waals surface area contributed by atoms with E-state index in [1.54, 1.807) is 0 Å². The highest BCUT2D eigenvalue weighted by Crippen LogP contribution is 2.27. The fourth-order valence-corrected chi connectivity index (χ4v) is 1.55. The van der Waals surface area contributed by atoms with Crippen molar-refractivity contribution in [2.45, 2.75) is 13.3 Å². The van der Waals surface area contributed by atoms with Crippen LogP contribution in [0.25, 0.3) is 6.08 Å². The quantitative estimate of drug-likeness (QED) is 0.556. The van der Waals surface area contributed by atoms with Crippen LogP contribution in [0.5, 0.6) is 0 Å². The zero-order chi connectivity index (χ0) is 7.84. The third kappa shape index (κ3) is 0.845. The fourth-order valence-electron chi connectivity index (χ4n) is 1.55. The molecule has 0 radical (unpaired) electrons. The van der Waals surface area contributed by atoms with Gasteiger partial charge < -0.3 is 5.73 Å². The molecule has 11 heavy (non-hydrogen) atoms. The number of hydrogen-bond donors (Lipinski definition) is 1. The average Bonchev–Trinajstić information content (AvgIpc) is 2.45. The zero-order valence-electron chi connectivity index (χ0n) is 6.59. The number of rotatable bonds is 0. The predicted octanol–water partition coefficient (Wildman–Crippen LogP) is 2.15. The van der Waals surface area contributed by atoms with Gasteiger partial charge in [-0.3, -0.25) is 0 Å². The molecule has 2 N–H and O–H groups in total. The van der Waals surface area contributed by atoms with E-state index in [1.807, 2.05) is 6.07 Å². The van der Waals surface area contributed by atoms with Gasteiger partial charge in [0.25, 0.3) is 0 Å². The van der Waals surface area contributed by atoms with Crippen molar-refractivity contribution in [1.29, 1.82) is 0 Å². The molecule has 56 valence electrons. The summed E-state index contributed by atoms with van der Waals surface area (Å²) in [5.41, 5.74) is 10.7. The number of allylic oxidation sites excluding steroid dienone is 1. The van der Waals surface area contributed by atoms with Gasteiger partial charge in [-0.1, -0.05) is 18.2 Å². The van der Waals surface area contributed by atoms with Gasteiger partial charge in [-0.05, 0) is 36.1 Å². The van der Waals surface area contributed by atoms with Crippen molar-refractivity contribution < 1.29 is 0 Å². The third-order valence-electron chi connectivity index (χ3n) is 2.22. The molecule has 0 heterocycles. The molecule has 0 fully saturated rings. The highest BCUT2D eigenvalue weighted by Gasteiger charge is 2.09. The normalized spacial score (nSPS) is 13.5. The van der Waals surface area contributed by atoms with Gasteiger partial charge in [0.15, 0.2) is 0 Å². The second-order valence-corrected chi connectivity index (χ2v) is 2.97. The van der Waals surface area contributed by atoms with Crippen molar-refractivity contribution in [2.24, 2.45) is 0 Å². The van der Waals surface area contributed by atoms with Crippen LogP contribution in [0.15, 0.2) is 18.2 Å². The molecule has 0 bridgehead atoms. The van der Waals surface area contributed by atoms with Gasteiger partial charge in [0.2, 0.25) is 0 Å². The Balaban J connectivity index is 2.71. The van der Waals surface area contributed by atoms with E-state index in [2.05, 4.69) is 25.1 Å². The van der Waals surface area contributed by atoms with E-state index in [9.17, 15) is 0 Å². The first-order valence-electron chi connectivity index (χ1n) is 3.83. The Labute approximate surface area is 66.5 Å². The molecule has 0 saturated heterocycles. The van der Waals surface area contributed by atoms with Gasteiger partial charge in [0.05, 0.1) is 0 Å². The lowest BCUT2D eigenvalue weighted by Gasteiger charge is -2.05. The van der Waals surface area contributed by atoms with Crippen LogP contribution >= 0.6 is 0 Å². The summed E-state index contributed by atoms with van der Waals surface area (Å²) in [5.74, 6) is 0. The molecule has 1 heteroatoms. The second kappa shape index (κ2) is 2.12. The summed E-state index contributed by atoms with van der Waals surface area (Å²) in [6.07, 6.45) is 5.32. The van der Waals surface area contributed by atoms with Gasteiger partial charge in [0.1, 0.15) is 0 Å². The summed E-state index contributed by atoms with van der Waals surface area (Å²) in [7, 11) is 0. The fraction of sp³-hybridized carbons (Fsp3) is 0.200. The minimum absolute atomic E-state index is 0.926. The SMILES string of the molecule is Cc1ccc(N)c2c1C=CC2. The van der Waals surface area contributed by atoms with Gasteiger partial charge in [-0.15, -0.1) is 0 Å². The molecule has 2 rings (SSSR count). The van der Waals surface area contributed by atoms with Gasteiger partial charge in [-0.2, -0.15) is 0 Å². The Kier molecular flexibility index (Phi) is 1.25. The number of nitrogens with two attached hydrogens (primary N) is 1. The molecule has 1 aliphatic carbocycles. The molecule has 0 unspecified atom stereocenters. The Morgan fingerprint density at radius 2 is 2.18 bits per heavy atom. The van der Waals surface area contributed by atoms with Crippen LogP contribution in [0.2, 0.25) is 0 Å². The Morgan fingerprint density at radius 3 is 2.91 bits per heavy atom. The third-order valence-corrected chi connectivity index (χ3v) is 2.22. The minimum atomic E-state index is 0.926. The summed E-state index contributed by atoms with van der Waals surface area (Å²) in [6, 6.07) is 4.06. The van der Waals surface area contributed by atoms with Crippen LogP contribution in [0.4, 0.5) is 5.69 Å². The van der Waals surface area contributed by atoms with Crippen molar-refractivity contribution in [2.75, 3.05) is 5.73 Å². The summed E-state index contributed by atoms with van der Waals surface area (Å²) < 4.78 is 0. The first kappa shape index (κ1) is 6.47. The van der Waals surface area contributed by atoms with Crippen molar-refractivity contribution in [1.82, 2.24) is 0 Å².